The van der Waals surface area contributed by atoms with Crippen molar-refractivity contribution in [1.82, 2.24) is 15.1 Å². The Hall–Kier alpha value is -0.830. The zero-order chi connectivity index (χ0) is 12.1. The summed E-state index contributed by atoms with van der Waals surface area (Å²) in [6.45, 7) is 10.1. The Balaban J connectivity index is 2.83. The Morgan fingerprint density at radius 1 is 1.38 bits per heavy atom. The highest BCUT2D eigenvalue weighted by Crippen LogP contribution is 2.27. The van der Waals surface area contributed by atoms with E-state index in [1.165, 1.54) is 12.1 Å². The van der Waals surface area contributed by atoms with Crippen LogP contribution in [-0.4, -0.2) is 16.3 Å². The van der Waals surface area contributed by atoms with Crippen LogP contribution in [0.2, 0.25) is 0 Å². The molecule has 0 aliphatic carbocycles. The van der Waals surface area contributed by atoms with Gasteiger partial charge in [0.15, 0.2) is 0 Å². The zero-order valence-corrected chi connectivity index (χ0v) is 11.2. The van der Waals surface area contributed by atoms with E-state index >= 15 is 0 Å². The lowest BCUT2D eigenvalue weighted by Crippen LogP contribution is -2.31. The minimum absolute atomic E-state index is 0.410. The van der Waals surface area contributed by atoms with Crippen LogP contribution < -0.4 is 5.32 Å². The maximum absolute atomic E-state index is 4.26. The summed E-state index contributed by atoms with van der Waals surface area (Å²) in [7, 11) is 2.02. The molecule has 0 amide bonds. The highest BCUT2D eigenvalue weighted by Gasteiger charge is 2.23. The molecule has 1 heterocycles. The summed E-state index contributed by atoms with van der Waals surface area (Å²) < 4.78 is 1.98. The van der Waals surface area contributed by atoms with Crippen LogP contribution in [0.1, 0.15) is 45.9 Å². The molecular formula is C13H25N3. The van der Waals surface area contributed by atoms with Crippen LogP contribution in [-0.2, 0) is 7.05 Å². The third-order valence-corrected chi connectivity index (χ3v) is 3.37. The summed E-state index contributed by atoms with van der Waals surface area (Å²) >= 11 is 0. The van der Waals surface area contributed by atoms with E-state index in [-0.39, 0.29) is 0 Å². The molecule has 0 aliphatic heterocycles. The smallest absolute Gasteiger partial charge is 0.0553 e. The number of nitrogens with zero attached hydrogens (tertiary/aromatic N) is 2. The summed E-state index contributed by atoms with van der Waals surface area (Å²) in [5.41, 5.74) is 1.29. The zero-order valence-electron chi connectivity index (χ0n) is 11.2. The van der Waals surface area contributed by atoms with E-state index < -0.39 is 0 Å². The van der Waals surface area contributed by atoms with E-state index in [0.29, 0.717) is 17.9 Å². The molecule has 1 rings (SSSR count). The SMILES string of the molecule is CCCNC(c1ccnn1C)C(C)C(C)C. The summed E-state index contributed by atoms with van der Waals surface area (Å²) in [6.07, 6.45) is 3.04. The van der Waals surface area contributed by atoms with Gasteiger partial charge in [-0.2, -0.15) is 5.10 Å². The molecule has 16 heavy (non-hydrogen) atoms. The fourth-order valence-corrected chi connectivity index (χ4v) is 1.93. The lowest BCUT2D eigenvalue weighted by atomic mass is 9.88. The number of nitrogens with one attached hydrogen (secondary N) is 1. The van der Waals surface area contributed by atoms with Crippen molar-refractivity contribution >= 4 is 0 Å². The van der Waals surface area contributed by atoms with Gasteiger partial charge in [0.25, 0.3) is 0 Å². The number of rotatable bonds is 6. The highest BCUT2D eigenvalue weighted by molar-refractivity contribution is 5.08. The van der Waals surface area contributed by atoms with Gasteiger partial charge < -0.3 is 5.32 Å². The van der Waals surface area contributed by atoms with E-state index in [1.807, 2.05) is 17.9 Å². The molecule has 2 atom stereocenters. The average molecular weight is 223 g/mol. The van der Waals surface area contributed by atoms with Crippen LogP contribution >= 0.6 is 0 Å². The first-order valence-electron chi connectivity index (χ1n) is 6.29. The maximum atomic E-state index is 4.26. The number of aryl methyl sites for hydroxylation is 1. The Morgan fingerprint density at radius 3 is 2.50 bits per heavy atom. The number of aromatic nitrogens is 2. The Bertz CT molecular complexity index is 304. The van der Waals surface area contributed by atoms with Crippen molar-refractivity contribution in [3.63, 3.8) is 0 Å². The first kappa shape index (κ1) is 13.2. The van der Waals surface area contributed by atoms with E-state index in [9.17, 15) is 0 Å². The summed E-state index contributed by atoms with van der Waals surface area (Å²) in [6, 6.07) is 2.53. The van der Waals surface area contributed by atoms with Crippen LogP contribution in [0.3, 0.4) is 0 Å². The summed E-state index contributed by atoms with van der Waals surface area (Å²) in [5.74, 6) is 1.28. The van der Waals surface area contributed by atoms with Crippen LogP contribution in [0, 0.1) is 11.8 Å². The lowest BCUT2D eigenvalue weighted by molar-refractivity contribution is 0.292. The van der Waals surface area contributed by atoms with Crippen LogP contribution in [0.25, 0.3) is 0 Å². The van der Waals surface area contributed by atoms with Gasteiger partial charge in [0, 0.05) is 13.2 Å². The van der Waals surface area contributed by atoms with Gasteiger partial charge in [-0.1, -0.05) is 27.7 Å². The molecule has 0 radical (unpaired) electrons. The first-order valence-corrected chi connectivity index (χ1v) is 6.29. The second-order valence-electron chi connectivity index (χ2n) is 4.91. The summed E-state index contributed by atoms with van der Waals surface area (Å²) in [5, 5.41) is 7.90. The van der Waals surface area contributed by atoms with Gasteiger partial charge in [0.1, 0.15) is 0 Å². The normalized spacial score (nSPS) is 15.4. The molecule has 0 bridgehead atoms. The largest absolute Gasteiger partial charge is 0.308 e. The maximum Gasteiger partial charge on any atom is 0.0553 e. The second-order valence-corrected chi connectivity index (χ2v) is 4.91. The number of hydrogen-bond acceptors (Lipinski definition) is 2. The molecule has 0 saturated carbocycles. The minimum atomic E-state index is 0.410. The predicted molar refractivity (Wildman–Crippen MR) is 68.2 cm³/mol. The summed E-state index contributed by atoms with van der Waals surface area (Å²) in [4.78, 5) is 0. The van der Waals surface area contributed by atoms with Crippen molar-refractivity contribution in [2.45, 2.75) is 40.2 Å². The molecular weight excluding hydrogens is 198 g/mol. The van der Waals surface area contributed by atoms with Crippen molar-refractivity contribution in [3.8, 4) is 0 Å². The second kappa shape index (κ2) is 6.04. The molecule has 3 heteroatoms. The van der Waals surface area contributed by atoms with Crippen molar-refractivity contribution < 1.29 is 0 Å². The predicted octanol–water partition coefficient (Wildman–Crippen LogP) is 2.75. The van der Waals surface area contributed by atoms with Gasteiger partial charge in [-0.05, 0) is 30.9 Å². The van der Waals surface area contributed by atoms with E-state index in [0.717, 1.165) is 6.54 Å². The fourth-order valence-electron chi connectivity index (χ4n) is 1.93. The first-order chi connectivity index (χ1) is 7.57. The third kappa shape index (κ3) is 3.08. The van der Waals surface area contributed by atoms with Gasteiger partial charge in [0.2, 0.25) is 0 Å². The van der Waals surface area contributed by atoms with Crippen molar-refractivity contribution in [2.24, 2.45) is 18.9 Å². The molecule has 1 N–H and O–H groups in total. The van der Waals surface area contributed by atoms with Gasteiger partial charge in [-0.3, -0.25) is 4.68 Å². The number of hydrogen-bond donors (Lipinski definition) is 1. The van der Waals surface area contributed by atoms with Gasteiger partial charge in [-0.15, -0.1) is 0 Å². The quantitative estimate of drug-likeness (QED) is 0.803. The molecule has 0 aliphatic rings. The molecule has 0 fully saturated rings. The topological polar surface area (TPSA) is 29.9 Å². The molecule has 0 spiro atoms. The highest BCUT2D eigenvalue weighted by atomic mass is 15.3. The Morgan fingerprint density at radius 2 is 2.06 bits per heavy atom. The Labute approximate surface area is 99.2 Å². The molecule has 1 aromatic rings. The van der Waals surface area contributed by atoms with Gasteiger partial charge in [0.05, 0.1) is 11.7 Å². The van der Waals surface area contributed by atoms with Gasteiger partial charge >= 0.3 is 0 Å². The molecule has 0 aromatic carbocycles. The van der Waals surface area contributed by atoms with Crippen LogP contribution in [0.15, 0.2) is 12.3 Å². The molecule has 3 nitrogen and oxygen atoms in total. The standard InChI is InChI=1S/C13H25N3/c1-6-8-14-13(11(4)10(2)3)12-7-9-15-16(12)5/h7,9-11,13-14H,6,8H2,1-5H3. The van der Waals surface area contributed by atoms with Crippen molar-refractivity contribution in [2.75, 3.05) is 6.54 Å². The fraction of sp³-hybridized carbons (Fsp3) is 0.769. The average Bonchev–Trinajstić information content (AvgIpc) is 2.65. The monoisotopic (exact) mass is 223 g/mol. The molecule has 0 saturated heterocycles. The lowest BCUT2D eigenvalue weighted by Gasteiger charge is -2.28. The molecule has 92 valence electrons. The molecule has 2 unspecified atom stereocenters. The third-order valence-electron chi connectivity index (χ3n) is 3.37. The molecule has 1 aromatic heterocycles. The van der Waals surface area contributed by atoms with E-state index in [1.54, 1.807) is 0 Å². The van der Waals surface area contributed by atoms with Crippen LogP contribution in [0.5, 0.6) is 0 Å². The van der Waals surface area contributed by atoms with Gasteiger partial charge in [-0.25, -0.2) is 0 Å². The minimum Gasteiger partial charge on any atom is -0.308 e. The van der Waals surface area contributed by atoms with E-state index in [4.69, 9.17) is 0 Å². The van der Waals surface area contributed by atoms with Crippen molar-refractivity contribution in [3.05, 3.63) is 18.0 Å². The van der Waals surface area contributed by atoms with Crippen molar-refractivity contribution in [1.29, 1.82) is 0 Å². The Kier molecular flexibility index (Phi) is 5.00. The van der Waals surface area contributed by atoms with Crippen LogP contribution in [0.4, 0.5) is 0 Å². The van der Waals surface area contributed by atoms with E-state index in [2.05, 4.69) is 44.2 Å².